The third kappa shape index (κ3) is 3.65. The molecule has 5 nitrogen and oxygen atoms in total. The second kappa shape index (κ2) is 6.62. The molecule has 0 aliphatic heterocycles. The Morgan fingerprint density at radius 2 is 2.10 bits per heavy atom. The van der Waals surface area contributed by atoms with E-state index in [4.69, 9.17) is 20.8 Å². The van der Waals surface area contributed by atoms with Crippen LogP contribution in [0.5, 0.6) is 0 Å². The Morgan fingerprint density at radius 3 is 2.71 bits per heavy atom. The summed E-state index contributed by atoms with van der Waals surface area (Å²) in [6.07, 6.45) is 1.02. The third-order valence-corrected chi connectivity index (χ3v) is 5.09. The molecule has 0 saturated carbocycles. The molecule has 0 fully saturated rings. The zero-order valence-corrected chi connectivity index (χ0v) is 13.2. The lowest BCUT2D eigenvalue weighted by Gasteiger charge is -2.15. The van der Waals surface area contributed by atoms with E-state index in [2.05, 4.69) is 4.72 Å². The van der Waals surface area contributed by atoms with Crippen LogP contribution in [0.3, 0.4) is 0 Å². The van der Waals surface area contributed by atoms with E-state index >= 15 is 0 Å². The molecule has 1 N–H and O–H groups in total. The molecule has 1 aromatic heterocycles. The van der Waals surface area contributed by atoms with Gasteiger partial charge in [0.2, 0.25) is 10.0 Å². The zero-order valence-electron chi connectivity index (χ0n) is 11.7. The summed E-state index contributed by atoms with van der Waals surface area (Å²) in [6.45, 7) is 1.73. The number of benzene rings is 1. The van der Waals surface area contributed by atoms with Crippen molar-refractivity contribution in [3.63, 3.8) is 0 Å². The molecule has 0 amide bonds. The lowest BCUT2D eigenvalue weighted by molar-refractivity contribution is 0.0878. The van der Waals surface area contributed by atoms with Gasteiger partial charge < -0.3 is 9.15 Å². The Labute approximate surface area is 128 Å². The lowest BCUT2D eigenvalue weighted by Crippen LogP contribution is -2.29. The molecule has 0 bridgehead atoms. The second-order valence-corrected chi connectivity index (χ2v) is 6.60. The van der Waals surface area contributed by atoms with Crippen LogP contribution < -0.4 is 4.72 Å². The summed E-state index contributed by atoms with van der Waals surface area (Å²) in [6, 6.07) is 8.21. The van der Waals surface area contributed by atoms with Gasteiger partial charge in [0.1, 0.15) is 11.9 Å². The van der Waals surface area contributed by atoms with E-state index in [0.29, 0.717) is 16.3 Å². The molecular weight excluding hydrogens is 314 g/mol. The first kappa shape index (κ1) is 16.0. The minimum Gasteiger partial charge on any atom is -0.467 e. The number of furan rings is 1. The van der Waals surface area contributed by atoms with E-state index in [0.717, 1.165) is 0 Å². The zero-order chi connectivity index (χ0) is 15.5. The molecule has 0 saturated heterocycles. The standard InChI is InChI=1S/C14H16ClNO4S/c1-10-11(15)5-3-7-14(10)21(17,18)16-9-13(19-2)12-6-4-8-20-12/h3-8,13,16H,9H2,1-2H3/t13-/m0/s1. The number of nitrogens with one attached hydrogen (secondary N) is 1. The highest BCUT2D eigenvalue weighted by atomic mass is 35.5. The van der Waals surface area contributed by atoms with Crippen LogP contribution in [-0.4, -0.2) is 22.1 Å². The number of rotatable bonds is 6. The maximum Gasteiger partial charge on any atom is 0.240 e. The van der Waals surface area contributed by atoms with Crippen LogP contribution in [0.1, 0.15) is 17.4 Å². The summed E-state index contributed by atoms with van der Waals surface area (Å²) in [7, 11) is -2.17. The van der Waals surface area contributed by atoms with Crippen LogP contribution in [0.2, 0.25) is 5.02 Å². The van der Waals surface area contributed by atoms with Gasteiger partial charge in [0, 0.05) is 18.7 Å². The molecule has 0 unspecified atom stereocenters. The summed E-state index contributed by atoms with van der Waals surface area (Å²) in [5.74, 6) is 0.558. The van der Waals surface area contributed by atoms with Gasteiger partial charge in [-0.25, -0.2) is 13.1 Å². The molecule has 21 heavy (non-hydrogen) atoms. The van der Waals surface area contributed by atoms with Crippen LogP contribution in [0.25, 0.3) is 0 Å². The Balaban J connectivity index is 2.16. The van der Waals surface area contributed by atoms with E-state index in [1.165, 1.54) is 19.4 Å². The highest BCUT2D eigenvalue weighted by molar-refractivity contribution is 7.89. The third-order valence-electron chi connectivity index (χ3n) is 3.11. The molecule has 0 aliphatic rings. The molecule has 1 aromatic carbocycles. The van der Waals surface area contributed by atoms with Crippen molar-refractivity contribution in [2.75, 3.05) is 13.7 Å². The van der Waals surface area contributed by atoms with Gasteiger partial charge in [0.25, 0.3) is 0 Å². The monoisotopic (exact) mass is 329 g/mol. The molecule has 0 aliphatic carbocycles. The summed E-state index contributed by atoms with van der Waals surface area (Å²) >= 11 is 5.96. The van der Waals surface area contributed by atoms with Crippen molar-refractivity contribution in [1.82, 2.24) is 4.72 Å². The van der Waals surface area contributed by atoms with Crippen LogP contribution in [0.15, 0.2) is 45.9 Å². The molecule has 2 aromatic rings. The number of hydrogen-bond donors (Lipinski definition) is 1. The van der Waals surface area contributed by atoms with E-state index < -0.39 is 16.1 Å². The molecule has 0 spiro atoms. The molecule has 1 heterocycles. The average molecular weight is 330 g/mol. The van der Waals surface area contributed by atoms with E-state index in [-0.39, 0.29) is 11.4 Å². The summed E-state index contributed by atoms with van der Waals surface area (Å²) in [5, 5.41) is 0.409. The Bertz CT molecular complexity index is 698. The number of halogens is 1. The molecule has 7 heteroatoms. The van der Waals surface area contributed by atoms with Crippen molar-refractivity contribution >= 4 is 21.6 Å². The SMILES string of the molecule is CO[C@@H](CNS(=O)(=O)c1cccc(Cl)c1C)c1ccco1. The van der Waals surface area contributed by atoms with Gasteiger partial charge in [-0.05, 0) is 36.8 Å². The topological polar surface area (TPSA) is 68.5 Å². The first-order valence-corrected chi connectivity index (χ1v) is 8.13. The molecule has 2 rings (SSSR count). The lowest BCUT2D eigenvalue weighted by atomic mass is 10.2. The van der Waals surface area contributed by atoms with E-state index in [1.54, 1.807) is 31.2 Å². The quantitative estimate of drug-likeness (QED) is 0.884. The number of ether oxygens (including phenoxy) is 1. The summed E-state index contributed by atoms with van der Waals surface area (Å²) < 4.78 is 37.6. The van der Waals surface area contributed by atoms with Crippen molar-refractivity contribution in [1.29, 1.82) is 0 Å². The van der Waals surface area contributed by atoms with Crippen molar-refractivity contribution < 1.29 is 17.6 Å². The highest BCUT2D eigenvalue weighted by Crippen LogP contribution is 2.23. The van der Waals surface area contributed by atoms with Crippen molar-refractivity contribution in [3.05, 3.63) is 52.9 Å². The Morgan fingerprint density at radius 1 is 1.33 bits per heavy atom. The van der Waals surface area contributed by atoms with E-state index in [9.17, 15) is 8.42 Å². The van der Waals surface area contributed by atoms with Gasteiger partial charge in [0.05, 0.1) is 11.2 Å². The number of hydrogen-bond acceptors (Lipinski definition) is 4. The van der Waals surface area contributed by atoms with Gasteiger partial charge in [-0.1, -0.05) is 17.7 Å². The van der Waals surface area contributed by atoms with Crippen molar-refractivity contribution in [3.8, 4) is 0 Å². The molecular formula is C14H16ClNO4S. The normalized spacial score (nSPS) is 13.3. The fourth-order valence-corrected chi connectivity index (χ4v) is 3.44. The maximum absolute atomic E-state index is 12.3. The highest BCUT2D eigenvalue weighted by Gasteiger charge is 2.21. The fraction of sp³-hybridized carbons (Fsp3) is 0.286. The van der Waals surface area contributed by atoms with Gasteiger partial charge in [-0.15, -0.1) is 0 Å². The molecule has 114 valence electrons. The van der Waals surface area contributed by atoms with Crippen molar-refractivity contribution in [2.24, 2.45) is 0 Å². The summed E-state index contributed by atoms with van der Waals surface area (Å²) in [5.41, 5.74) is 0.513. The van der Waals surface area contributed by atoms with Crippen molar-refractivity contribution in [2.45, 2.75) is 17.9 Å². The first-order chi connectivity index (χ1) is 9.95. The average Bonchev–Trinajstić information content (AvgIpc) is 2.96. The molecule has 0 radical (unpaired) electrons. The number of sulfonamides is 1. The summed E-state index contributed by atoms with van der Waals surface area (Å²) in [4.78, 5) is 0.157. The minimum absolute atomic E-state index is 0.0678. The van der Waals surface area contributed by atoms with Gasteiger partial charge in [0.15, 0.2) is 0 Å². The largest absolute Gasteiger partial charge is 0.467 e. The first-order valence-electron chi connectivity index (χ1n) is 6.26. The minimum atomic E-state index is -3.67. The maximum atomic E-state index is 12.3. The van der Waals surface area contributed by atoms with Gasteiger partial charge >= 0.3 is 0 Å². The predicted octanol–water partition coefficient (Wildman–Crippen LogP) is 2.91. The van der Waals surface area contributed by atoms with Crippen LogP contribution >= 0.6 is 11.6 Å². The van der Waals surface area contributed by atoms with E-state index in [1.807, 2.05) is 0 Å². The van der Waals surface area contributed by atoms with Crippen LogP contribution in [0.4, 0.5) is 0 Å². The van der Waals surface area contributed by atoms with Gasteiger partial charge in [-0.3, -0.25) is 0 Å². The smallest absolute Gasteiger partial charge is 0.240 e. The number of methoxy groups -OCH3 is 1. The fourth-order valence-electron chi connectivity index (χ4n) is 1.92. The predicted molar refractivity (Wildman–Crippen MR) is 79.8 cm³/mol. The van der Waals surface area contributed by atoms with Crippen LogP contribution in [-0.2, 0) is 14.8 Å². The Kier molecular flexibility index (Phi) is 5.05. The Hall–Kier alpha value is -1.34. The second-order valence-electron chi connectivity index (χ2n) is 4.45. The van der Waals surface area contributed by atoms with Crippen LogP contribution in [0, 0.1) is 6.92 Å². The molecule has 1 atom stereocenters. The van der Waals surface area contributed by atoms with Gasteiger partial charge in [-0.2, -0.15) is 0 Å².